The Labute approximate surface area is 180 Å². The van der Waals surface area contributed by atoms with Crippen LogP contribution in [0.5, 0.6) is 0 Å². The minimum atomic E-state index is 0.381. The van der Waals surface area contributed by atoms with Gasteiger partial charge in [-0.15, -0.1) is 0 Å². The van der Waals surface area contributed by atoms with Crippen molar-refractivity contribution in [1.82, 2.24) is 4.90 Å². The van der Waals surface area contributed by atoms with E-state index in [1.807, 2.05) is 14.1 Å². The molecular weight excluding hydrogens is 354 g/mol. The molecule has 0 aliphatic rings. The zero-order chi connectivity index (χ0) is 21.4. The zero-order valence-electron chi connectivity index (χ0n) is 19.1. The molecule has 2 heteroatoms. The van der Waals surface area contributed by atoms with Crippen LogP contribution in [-0.4, -0.2) is 31.3 Å². The fraction of sp³-hybridized carbons (Fsp3) is 0.519. The number of Topliss-reactive ketones (excluding diaryl/α,β-unsaturated/α-hetero) is 1. The lowest BCUT2D eigenvalue weighted by atomic mass is 10.1. The summed E-state index contributed by atoms with van der Waals surface area (Å²) in [5.41, 5.74) is 0. The molecule has 0 aliphatic heterocycles. The molecule has 0 spiro atoms. The molecule has 2 nitrogen and oxygen atoms in total. The molecule has 0 aromatic carbocycles. The van der Waals surface area contributed by atoms with Gasteiger partial charge in [-0.25, -0.2) is 0 Å². The quantitative estimate of drug-likeness (QED) is 0.225. The molecule has 162 valence electrons. The molecule has 0 bridgehead atoms. The smallest absolute Gasteiger partial charge is 0.133 e. The first kappa shape index (κ1) is 27.1. The summed E-state index contributed by atoms with van der Waals surface area (Å²) in [5.74, 6) is 0.381. The normalized spacial score (nSPS) is 13.1. The maximum atomic E-state index is 11.7. The third kappa shape index (κ3) is 24.0. The van der Waals surface area contributed by atoms with E-state index in [1.54, 1.807) is 0 Å². The van der Waals surface area contributed by atoms with Crippen LogP contribution in [0.4, 0.5) is 0 Å². The predicted molar refractivity (Wildman–Crippen MR) is 130 cm³/mol. The highest BCUT2D eigenvalue weighted by atomic mass is 16.1. The molecule has 0 unspecified atom stereocenters. The molecule has 0 saturated heterocycles. The van der Waals surface area contributed by atoms with E-state index in [0.29, 0.717) is 18.6 Å². The fourth-order valence-corrected chi connectivity index (χ4v) is 2.60. The molecule has 0 fully saturated rings. The van der Waals surface area contributed by atoms with Gasteiger partial charge in [0.1, 0.15) is 5.78 Å². The molecule has 29 heavy (non-hydrogen) atoms. The predicted octanol–water partition coefficient (Wildman–Crippen LogP) is 7.38. The van der Waals surface area contributed by atoms with Crippen LogP contribution in [-0.2, 0) is 4.79 Å². The Morgan fingerprint density at radius 1 is 0.621 bits per heavy atom. The molecule has 0 heterocycles. The Hall–Kier alpha value is -1.93. The number of carbonyl (C=O) groups excluding carboxylic acids is 1. The van der Waals surface area contributed by atoms with E-state index >= 15 is 0 Å². The molecule has 0 aromatic heterocycles. The van der Waals surface area contributed by atoms with Gasteiger partial charge in [0.05, 0.1) is 0 Å². The Balaban J connectivity index is 3.56. The second-order valence-electron chi connectivity index (χ2n) is 7.40. The molecule has 0 aromatic rings. The van der Waals surface area contributed by atoms with Gasteiger partial charge in [0.15, 0.2) is 0 Å². The maximum absolute atomic E-state index is 11.7. The minimum Gasteiger partial charge on any atom is -0.309 e. The first-order chi connectivity index (χ1) is 14.2. The monoisotopic (exact) mass is 397 g/mol. The summed E-state index contributed by atoms with van der Waals surface area (Å²) in [6.45, 7) is 3.15. The largest absolute Gasteiger partial charge is 0.309 e. The minimum absolute atomic E-state index is 0.381. The summed E-state index contributed by atoms with van der Waals surface area (Å²) in [5, 5.41) is 0. The Bertz CT molecular complexity index is 547. The SMILES string of the molecule is CC/C=C\C/C=C\C/C=C\C/C=C\C/C=C\C/C=C\CCC(=O)CCCN(C)C. The molecule has 0 amide bonds. The Morgan fingerprint density at radius 2 is 1.03 bits per heavy atom. The van der Waals surface area contributed by atoms with Gasteiger partial charge in [0, 0.05) is 12.8 Å². The fourth-order valence-electron chi connectivity index (χ4n) is 2.60. The van der Waals surface area contributed by atoms with Crippen molar-refractivity contribution in [1.29, 1.82) is 0 Å². The summed E-state index contributed by atoms with van der Waals surface area (Å²) < 4.78 is 0. The standard InChI is InChI=1S/C27H43NO/c1-4-5-6-7-8-9-10-11-12-13-14-15-16-17-18-19-20-21-22-24-27(29)25-23-26-28(2)3/h5-6,8-9,11-12,14-15,17-18,20-21H,4,7,10,13,16,19,22-26H2,1-3H3/b6-5-,9-8-,12-11-,15-14-,18-17-,21-20-. The van der Waals surface area contributed by atoms with E-state index in [-0.39, 0.29) is 0 Å². The maximum Gasteiger partial charge on any atom is 0.133 e. The second kappa shape index (κ2) is 22.4. The highest BCUT2D eigenvalue weighted by Gasteiger charge is 2.00. The number of carbonyl (C=O) groups is 1. The molecule has 0 aliphatic carbocycles. The highest BCUT2D eigenvalue weighted by molar-refractivity contribution is 5.78. The van der Waals surface area contributed by atoms with Gasteiger partial charge in [0.2, 0.25) is 0 Å². The summed E-state index contributed by atoms with van der Waals surface area (Å²) in [6.07, 6.45) is 35.7. The van der Waals surface area contributed by atoms with E-state index in [4.69, 9.17) is 0 Å². The number of allylic oxidation sites excluding steroid dienone is 12. The van der Waals surface area contributed by atoms with E-state index in [9.17, 15) is 4.79 Å². The number of hydrogen-bond acceptors (Lipinski definition) is 2. The topological polar surface area (TPSA) is 20.3 Å². The van der Waals surface area contributed by atoms with Gasteiger partial charge in [-0.1, -0.05) is 79.8 Å². The van der Waals surface area contributed by atoms with Crippen molar-refractivity contribution in [2.24, 2.45) is 0 Å². The second-order valence-corrected chi connectivity index (χ2v) is 7.40. The summed E-state index contributed by atoms with van der Waals surface area (Å²) >= 11 is 0. The van der Waals surface area contributed by atoms with Crippen molar-refractivity contribution in [3.63, 3.8) is 0 Å². The van der Waals surface area contributed by atoms with Crippen molar-refractivity contribution in [3.8, 4) is 0 Å². The van der Waals surface area contributed by atoms with Gasteiger partial charge in [-0.3, -0.25) is 4.79 Å². The van der Waals surface area contributed by atoms with Gasteiger partial charge < -0.3 is 4.90 Å². The third-order valence-corrected chi connectivity index (χ3v) is 4.25. The van der Waals surface area contributed by atoms with Crippen LogP contribution in [0.15, 0.2) is 72.9 Å². The van der Waals surface area contributed by atoms with Crippen LogP contribution in [0, 0.1) is 0 Å². The van der Waals surface area contributed by atoms with Crippen molar-refractivity contribution >= 4 is 5.78 Å². The molecule has 0 atom stereocenters. The zero-order valence-corrected chi connectivity index (χ0v) is 19.1. The Kier molecular flexibility index (Phi) is 20.9. The first-order valence-electron chi connectivity index (χ1n) is 11.2. The van der Waals surface area contributed by atoms with Gasteiger partial charge in [0.25, 0.3) is 0 Å². The number of nitrogens with zero attached hydrogens (tertiary/aromatic N) is 1. The van der Waals surface area contributed by atoms with Crippen molar-refractivity contribution in [3.05, 3.63) is 72.9 Å². The molecule has 0 radical (unpaired) electrons. The van der Waals surface area contributed by atoms with E-state index in [1.165, 1.54) is 0 Å². The molecular formula is C27H43NO. The van der Waals surface area contributed by atoms with Gasteiger partial charge in [-0.05, 0) is 72.0 Å². The number of ketones is 1. The van der Waals surface area contributed by atoms with E-state index in [0.717, 1.165) is 57.9 Å². The van der Waals surface area contributed by atoms with Gasteiger partial charge in [-0.2, -0.15) is 0 Å². The average Bonchev–Trinajstić information content (AvgIpc) is 2.69. The van der Waals surface area contributed by atoms with Crippen LogP contribution in [0.1, 0.15) is 71.1 Å². The molecule has 0 rings (SSSR count). The number of hydrogen-bond donors (Lipinski definition) is 0. The summed E-state index contributed by atoms with van der Waals surface area (Å²) in [4.78, 5) is 13.8. The molecule has 0 saturated carbocycles. The molecule has 0 N–H and O–H groups in total. The summed E-state index contributed by atoms with van der Waals surface area (Å²) in [7, 11) is 4.09. The van der Waals surface area contributed by atoms with Crippen molar-refractivity contribution in [2.75, 3.05) is 20.6 Å². The van der Waals surface area contributed by atoms with Crippen LogP contribution in [0.3, 0.4) is 0 Å². The third-order valence-electron chi connectivity index (χ3n) is 4.25. The van der Waals surface area contributed by atoms with Crippen molar-refractivity contribution in [2.45, 2.75) is 71.1 Å². The lowest BCUT2D eigenvalue weighted by Gasteiger charge is -2.07. The van der Waals surface area contributed by atoms with Crippen LogP contribution >= 0.6 is 0 Å². The highest BCUT2D eigenvalue weighted by Crippen LogP contribution is 2.02. The van der Waals surface area contributed by atoms with Gasteiger partial charge >= 0.3 is 0 Å². The van der Waals surface area contributed by atoms with Crippen LogP contribution in [0.25, 0.3) is 0 Å². The Morgan fingerprint density at radius 3 is 1.45 bits per heavy atom. The first-order valence-corrected chi connectivity index (χ1v) is 11.2. The van der Waals surface area contributed by atoms with E-state index in [2.05, 4.69) is 84.7 Å². The van der Waals surface area contributed by atoms with Crippen LogP contribution in [0.2, 0.25) is 0 Å². The average molecular weight is 398 g/mol. The lowest BCUT2D eigenvalue weighted by Crippen LogP contribution is -2.14. The van der Waals surface area contributed by atoms with E-state index < -0.39 is 0 Å². The summed E-state index contributed by atoms with van der Waals surface area (Å²) in [6, 6.07) is 0. The lowest BCUT2D eigenvalue weighted by molar-refractivity contribution is -0.119. The number of rotatable bonds is 18. The van der Waals surface area contributed by atoms with Crippen LogP contribution < -0.4 is 0 Å². The van der Waals surface area contributed by atoms with Crippen molar-refractivity contribution < 1.29 is 4.79 Å².